The number of alkyl carbamates (subject to hydrolysis) is 1. The Morgan fingerprint density at radius 2 is 1.93 bits per heavy atom. The van der Waals surface area contributed by atoms with Gasteiger partial charge in [0.2, 0.25) is 0 Å². The van der Waals surface area contributed by atoms with Crippen molar-refractivity contribution in [2.24, 2.45) is 11.3 Å². The van der Waals surface area contributed by atoms with Crippen LogP contribution in [0.25, 0.3) is 0 Å². The molecule has 1 aliphatic heterocycles. The van der Waals surface area contributed by atoms with E-state index >= 15 is 0 Å². The van der Waals surface area contributed by atoms with Crippen molar-refractivity contribution in [3.05, 3.63) is 35.9 Å². The molecule has 1 aromatic carbocycles. The van der Waals surface area contributed by atoms with Gasteiger partial charge >= 0.3 is 12.2 Å². The lowest BCUT2D eigenvalue weighted by Crippen LogP contribution is -2.39. The number of carbonyl (C=O) groups is 2. The van der Waals surface area contributed by atoms with Gasteiger partial charge in [-0.15, -0.1) is 0 Å². The molecule has 1 atom stereocenters. The van der Waals surface area contributed by atoms with E-state index in [0.29, 0.717) is 32.2 Å². The topological polar surface area (TPSA) is 67.9 Å². The van der Waals surface area contributed by atoms with Gasteiger partial charge < -0.3 is 19.7 Å². The molecule has 1 heterocycles. The van der Waals surface area contributed by atoms with Gasteiger partial charge in [-0.05, 0) is 56.9 Å². The molecule has 1 saturated carbocycles. The fourth-order valence-electron chi connectivity index (χ4n) is 3.69. The van der Waals surface area contributed by atoms with E-state index in [1.54, 1.807) is 4.90 Å². The normalized spacial score (nSPS) is 20.9. The van der Waals surface area contributed by atoms with E-state index in [-0.39, 0.29) is 17.6 Å². The zero-order chi connectivity index (χ0) is 19.5. The summed E-state index contributed by atoms with van der Waals surface area (Å²) >= 11 is 0. The van der Waals surface area contributed by atoms with Crippen LogP contribution in [0.5, 0.6) is 0 Å². The lowest BCUT2D eigenvalue weighted by Gasteiger charge is -2.25. The zero-order valence-electron chi connectivity index (χ0n) is 16.5. The maximum Gasteiger partial charge on any atom is 0.410 e. The minimum Gasteiger partial charge on any atom is -0.445 e. The minimum atomic E-state index is -0.493. The Morgan fingerprint density at radius 3 is 2.56 bits per heavy atom. The molecule has 0 spiro atoms. The Kier molecular flexibility index (Phi) is 5.63. The van der Waals surface area contributed by atoms with Crippen molar-refractivity contribution in [1.82, 2.24) is 10.2 Å². The van der Waals surface area contributed by atoms with E-state index in [9.17, 15) is 9.59 Å². The second kappa shape index (κ2) is 7.79. The molecule has 2 fully saturated rings. The molecule has 2 amide bonds. The first-order valence-corrected chi connectivity index (χ1v) is 9.70. The smallest absolute Gasteiger partial charge is 0.410 e. The summed E-state index contributed by atoms with van der Waals surface area (Å²) in [4.78, 5) is 26.1. The van der Waals surface area contributed by atoms with Gasteiger partial charge in [0.15, 0.2) is 0 Å². The summed E-state index contributed by atoms with van der Waals surface area (Å²) < 4.78 is 10.8. The van der Waals surface area contributed by atoms with Crippen LogP contribution in [0.4, 0.5) is 9.59 Å². The molecular weight excluding hydrogens is 344 g/mol. The number of benzene rings is 1. The minimum absolute atomic E-state index is 0.103. The molecule has 1 aliphatic carbocycles. The highest BCUT2D eigenvalue weighted by Crippen LogP contribution is 2.54. The highest BCUT2D eigenvalue weighted by atomic mass is 16.6. The first kappa shape index (κ1) is 19.5. The van der Waals surface area contributed by atoms with Crippen molar-refractivity contribution in [3.8, 4) is 0 Å². The average Bonchev–Trinajstić information content (AvgIpc) is 3.24. The summed E-state index contributed by atoms with van der Waals surface area (Å²) in [5, 5.41) is 2.91. The SMILES string of the molecule is CC(C)(C)OC(=O)NCC1(C2CCN(C(=O)OCc3ccccc3)C2)CC1. The molecule has 27 heavy (non-hydrogen) atoms. The van der Waals surface area contributed by atoms with Gasteiger partial charge in [0.25, 0.3) is 0 Å². The molecule has 0 bridgehead atoms. The molecule has 3 rings (SSSR count). The second-order valence-electron chi connectivity index (χ2n) is 8.69. The average molecular weight is 374 g/mol. The van der Waals surface area contributed by atoms with Gasteiger partial charge in [-0.2, -0.15) is 0 Å². The molecule has 1 unspecified atom stereocenters. The summed E-state index contributed by atoms with van der Waals surface area (Å²) in [5.74, 6) is 0.400. The van der Waals surface area contributed by atoms with Crippen LogP contribution in [0, 0.1) is 11.3 Å². The van der Waals surface area contributed by atoms with E-state index in [4.69, 9.17) is 9.47 Å². The molecule has 0 aromatic heterocycles. The lowest BCUT2D eigenvalue weighted by molar-refractivity contribution is 0.0507. The lowest BCUT2D eigenvalue weighted by atomic mass is 9.88. The van der Waals surface area contributed by atoms with Crippen molar-refractivity contribution in [2.75, 3.05) is 19.6 Å². The summed E-state index contributed by atoms with van der Waals surface area (Å²) in [6.07, 6.45) is 2.50. The molecule has 6 heteroatoms. The predicted octanol–water partition coefficient (Wildman–Crippen LogP) is 3.95. The number of hydrogen-bond acceptors (Lipinski definition) is 4. The van der Waals surface area contributed by atoms with Crippen molar-refractivity contribution < 1.29 is 19.1 Å². The molecule has 1 aromatic rings. The number of amides is 2. The van der Waals surface area contributed by atoms with Gasteiger partial charge in [0, 0.05) is 19.6 Å². The highest BCUT2D eigenvalue weighted by Gasteiger charge is 2.51. The molecule has 148 valence electrons. The molecule has 2 aliphatic rings. The Hall–Kier alpha value is -2.24. The van der Waals surface area contributed by atoms with Crippen LogP contribution >= 0.6 is 0 Å². The fraction of sp³-hybridized carbons (Fsp3) is 0.619. The van der Waals surface area contributed by atoms with Gasteiger partial charge in [-0.25, -0.2) is 9.59 Å². The van der Waals surface area contributed by atoms with Gasteiger partial charge in [0.1, 0.15) is 12.2 Å². The fourth-order valence-corrected chi connectivity index (χ4v) is 3.69. The Labute approximate surface area is 161 Å². The molecule has 1 N–H and O–H groups in total. The van der Waals surface area contributed by atoms with Crippen LogP contribution in [0.1, 0.15) is 45.6 Å². The molecular formula is C21H30N2O4. The maximum absolute atomic E-state index is 12.3. The summed E-state index contributed by atoms with van der Waals surface area (Å²) in [6, 6.07) is 9.70. The van der Waals surface area contributed by atoms with Gasteiger partial charge in [-0.1, -0.05) is 30.3 Å². The van der Waals surface area contributed by atoms with E-state index in [1.165, 1.54) is 0 Å². The van der Waals surface area contributed by atoms with Crippen molar-refractivity contribution in [2.45, 2.75) is 52.2 Å². The Bertz CT molecular complexity index is 665. The molecule has 0 radical (unpaired) electrons. The van der Waals surface area contributed by atoms with Crippen molar-refractivity contribution in [1.29, 1.82) is 0 Å². The van der Waals surface area contributed by atoms with Crippen LogP contribution in [0.15, 0.2) is 30.3 Å². The maximum atomic E-state index is 12.3. The number of nitrogens with zero attached hydrogens (tertiary/aromatic N) is 1. The quantitative estimate of drug-likeness (QED) is 0.847. The summed E-state index contributed by atoms with van der Waals surface area (Å²) in [7, 11) is 0. The summed E-state index contributed by atoms with van der Waals surface area (Å²) in [5.41, 5.74) is 0.598. The number of rotatable bonds is 5. The summed E-state index contributed by atoms with van der Waals surface area (Å²) in [6.45, 7) is 7.89. The van der Waals surface area contributed by atoms with Crippen LogP contribution < -0.4 is 5.32 Å². The Balaban J connectivity index is 1.44. The van der Waals surface area contributed by atoms with Crippen molar-refractivity contribution >= 4 is 12.2 Å². The highest BCUT2D eigenvalue weighted by molar-refractivity contribution is 5.68. The molecule has 1 saturated heterocycles. The third-order valence-electron chi connectivity index (χ3n) is 5.39. The van der Waals surface area contributed by atoms with E-state index in [1.807, 2.05) is 51.1 Å². The van der Waals surface area contributed by atoms with E-state index in [2.05, 4.69) is 5.32 Å². The monoisotopic (exact) mass is 374 g/mol. The van der Waals surface area contributed by atoms with Gasteiger partial charge in [0.05, 0.1) is 0 Å². The van der Waals surface area contributed by atoms with Crippen molar-refractivity contribution in [3.63, 3.8) is 0 Å². The number of hydrogen-bond donors (Lipinski definition) is 1. The largest absolute Gasteiger partial charge is 0.445 e. The molecule has 6 nitrogen and oxygen atoms in total. The van der Waals surface area contributed by atoms with Crippen LogP contribution in [-0.4, -0.2) is 42.3 Å². The number of likely N-dealkylation sites (tertiary alicyclic amines) is 1. The number of nitrogens with one attached hydrogen (secondary N) is 1. The number of ether oxygens (including phenoxy) is 2. The third-order valence-corrected chi connectivity index (χ3v) is 5.39. The standard InChI is InChI=1S/C21H30N2O4/c1-20(2,3)27-18(24)22-15-21(10-11-21)17-9-12-23(13-17)19(25)26-14-16-7-5-4-6-8-16/h4-8,17H,9-15H2,1-3H3,(H,22,24). The van der Waals surface area contributed by atoms with Crippen LogP contribution in [0.2, 0.25) is 0 Å². The predicted molar refractivity (Wildman–Crippen MR) is 102 cm³/mol. The van der Waals surface area contributed by atoms with Gasteiger partial charge in [-0.3, -0.25) is 0 Å². The van der Waals surface area contributed by atoms with Crippen LogP contribution in [0.3, 0.4) is 0 Å². The second-order valence-corrected chi connectivity index (χ2v) is 8.69. The first-order valence-electron chi connectivity index (χ1n) is 9.70. The Morgan fingerprint density at radius 1 is 1.22 bits per heavy atom. The third kappa shape index (κ3) is 5.37. The van der Waals surface area contributed by atoms with E-state index < -0.39 is 5.60 Å². The van der Waals surface area contributed by atoms with Crippen LogP contribution in [-0.2, 0) is 16.1 Å². The first-order chi connectivity index (χ1) is 12.8. The van der Waals surface area contributed by atoms with E-state index in [0.717, 1.165) is 24.8 Å². The zero-order valence-corrected chi connectivity index (χ0v) is 16.5. The number of carbonyl (C=O) groups excluding carboxylic acids is 2.